The van der Waals surface area contributed by atoms with Crippen LogP contribution in [0.25, 0.3) is 0 Å². The van der Waals surface area contributed by atoms with Gasteiger partial charge in [0.15, 0.2) is 11.5 Å². The molecule has 5 nitrogen and oxygen atoms in total. The van der Waals surface area contributed by atoms with Gasteiger partial charge in [-0.25, -0.2) is 0 Å². The van der Waals surface area contributed by atoms with Crippen LogP contribution in [0.5, 0.6) is 11.5 Å². The van der Waals surface area contributed by atoms with Gasteiger partial charge < -0.3 is 19.2 Å². The zero-order valence-electron chi connectivity index (χ0n) is 13.6. The lowest BCUT2D eigenvalue weighted by molar-refractivity contribution is 0.0949. The van der Waals surface area contributed by atoms with Gasteiger partial charge in [0.25, 0.3) is 5.91 Å². The second-order valence-corrected chi connectivity index (χ2v) is 5.06. The van der Waals surface area contributed by atoms with Gasteiger partial charge in [0, 0.05) is 12.1 Å². The molecule has 2 aromatic rings. The third-order valence-electron chi connectivity index (χ3n) is 3.54. The second-order valence-electron chi connectivity index (χ2n) is 5.06. The molecule has 1 amide bonds. The molecule has 0 spiro atoms. The minimum atomic E-state index is -0.170. The van der Waals surface area contributed by atoms with Crippen molar-refractivity contribution in [3.63, 3.8) is 0 Å². The molecule has 0 bridgehead atoms. The van der Waals surface area contributed by atoms with Crippen LogP contribution < -0.4 is 14.8 Å². The normalized spacial score (nSPS) is 10.2. The minimum absolute atomic E-state index is 0.170. The number of amides is 1. The van der Waals surface area contributed by atoms with Gasteiger partial charge in [-0.15, -0.1) is 6.58 Å². The Morgan fingerprint density at radius 1 is 1.35 bits per heavy atom. The van der Waals surface area contributed by atoms with Crippen LogP contribution in [0.15, 0.2) is 41.5 Å². The van der Waals surface area contributed by atoms with Gasteiger partial charge in [0.05, 0.1) is 26.0 Å². The molecule has 0 radical (unpaired) electrons. The predicted molar refractivity (Wildman–Crippen MR) is 88.1 cm³/mol. The molecule has 23 heavy (non-hydrogen) atoms. The van der Waals surface area contributed by atoms with Crippen LogP contribution in [0, 0.1) is 6.92 Å². The van der Waals surface area contributed by atoms with E-state index in [1.165, 1.54) is 6.26 Å². The van der Waals surface area contributed by atoms with Gasteiger partial charge in [-0.1, -0.05) is 6.08 Å². The Bertz CT molecular complexity index is 703. The van der Waals surface area contributed by atoms with Crippen molar-refractivity contribution < 1.29 is 18.7 Å². The maximum atomic E-state index is 12.1. The molecule has 0 saturated heterocycles. The lowest BCUT2D eigenvalue weighted by atomic mass is 10.1. The van der Waals surface area contributed by atoms with Gasteiger partial charge >= 0.3 is 0 Å². The van der Waals surface area contributed by atoms with Crippen molar-refractivity contribution >= 4 is 5.91 Å². The highest BCUT2D eigenvalue weighted by Gasteiger charge is 2.14. The van der Waals surface area contributed by atoms with Crippen LogP contribution in [0.4, 0.5) is 0 Å². The summed E-state index contributed by atoms with van der Waals surface area (Å²) in [6, 6.07) is 5.49. The van der Waals surface area contributed by atoms with Crippen molar-refractivity contribution in [3.8, 4) is 11.5 Å². The third-order valence-corrected chi connectivity index (χ3v) is 3.54. The first-order valence-electron chi connectivity index (χ1n) is 7.27. The fraction of sp³-hybridized carbons (Fsp3) is 0.278. The average molecular weight is 315 g/mol. The highest BCUT2D eigenvalue weighted by Crippen LogP contribution is 2.33. The van der Waals surface area contributed by atoms with E-state index in [4.69, 9.17) is 13.9 Å². The number of ether oxygens (including phenoxy) is 2. The summed E-state index contributed by atoms with van der Waals surface area (Å²) < 4.78 is 15.9. The number of hydrogen-bond acceptors (Lipinski definition) is 4. The number of benzene rings is 1. The maximum Gasteiger partial charge on any atom is 0.255 e. The number of aryl methyl sites for hydroxylation is 1. The summed E-state index contributed by atoms with van der Waals surface area (Å²) in [6.45, 7) is 5.90. The largest absolute Gasteiger partial charge is 0.493 e. The van der Waals surface area contributed by atoms with E-state index in [0.29, 0.717) is 35.8 Å². The Labute approximate surface area is 135 Å². The molecule has 1 aromatic carbocycles. The second kappa shape index (κ2) is 7.54. The van der Waals surface area contributed by atoms with E-state index in [2.05, 4.69) is 11.9 Å². The molecule has 5 heteroatoms. The minimum Gasteiger partial charge on any atom is -0.493 e. The molecule has 0 aliphatic rings. The van der Waals surface area contributed by atoms with E-state index < -0.39 is 0 Å². The molecule has 0 saturated carbocycles. The number of furan rings is 1. The third kappa shape index (κ3) is 3.74. The lowest BCUT2D eigenvalue weighted by Gasteiger charge is -2.14. The highest BCUT2D eigenvalue weighted by atomic mass is 16.5. The van der Waals surface area contributed by atoms with E-state index >= 15 is 0 Å². The number of allylic oxidation sites excluding steroid dienone is 1. The smallest absolute Gasteiger partial charge is 0.255 e. The molecular formula is C18H21NO4. The summed E-state index contributed by atoms with van der Waals surface area (Å²) in [4.78, 5) is 12.1. The van der Waals surface area contributed by atoms with Gasteiger partial charge in [0.2, 0.25) is 0 Å². The molecule has 0 unspecified atom stereocenters. The van der Waals surface area contributed by atoms with Gasteiger partial charge in [-0.05, 0) is 37.1 Å². The molecular weight excluding hydrogens is 294 g/mol. The SMILES string of the molecule is C=CCc1cc(CNC(=O)c2ccoc2C)cc(OC)c1OC. The molecule has 0 fully saturated rings. The fourth-order valence-electron chi connectivity index (χ4n) is 2.41. The maximum absolute atomic E-state index is 12.1. The van der Waals surface area contributed by atoms with Crippen LogP contribution in [-0.2, 0) is 13.0 Å². The first-order chi connectivity index (χ1) is 11.1. The molecule has 122 valence electrons. The number of methoxy groups -OCH3 is 2. The van der Waals surface area contributed by atoms with E-state index in [0.717, 1.165) is 11.1 Å². The summed E-state index contributed by atoms with van der Waals surface area (Å²) in [5.41, 5.74) is 2.43. The summed E-state index contributed by atoms with van der Waals surface area (Å²) in [7, 11) is 3.19. The molecule has 0 atom stereocenters. The Morgan fingerprint density at radius 3 is 2.70 bits per heavy atom. The van der Waals surface area contributed by atoms with Crippen molar-refractivity contribution in [2.45, 2.75) is 19.9 Å². The standard InChI is InChI=1S/C18H21NO4/c1-5-6-14-9-13(10-16(21-3)17(14)22-4)11-19-18(20)15-7-8-23-12(15)2/h5,7-10H,1,6,11H2,2-4H3,(H,19,20). The average Bonchev–Trinajstić information content (AvgIpc) is 2.98. The van der Waals surface area contributed by atoms with Crippen molar-refractivity contribution in [1.82, 2.24) is 5.32 Å². The lowest BCUT2D eigenvalue weighted by Crippen LogP contribution is -2.23. The van der Waals surface area contributed by atoms with Crippen LogP contribution in [0.1, 0.15) is 27.2 Å². The first kappa shape index (κ1) is 16.7. The zero-order valence-corrected chi connectivity index (χ0v) is 13.6. The molecule has 1 heterocycles. The molecule has 1 aromatic heterocycles. The number of hydrogen-bond donors (Lipinski definition) is 1. The Hall–Kier alpha value is -2.69. The van der Waals surface area contributed by atoms with Crippen molar-refractivity contribution in [2.75, 3.05) is 14.2 Å². The summed E-state index contributed by atoms with van der Waals surface area (Å²) in [6.07, 6.45) is 3.96. The number of carbonyl (C=O) groups excluding carboxylic acids is 1. The molecule has 0 aliphatic carbocycles. The van der Waals surface area contributed by atoms with Crippen molar-refractivity contribution in [2.24, 2.45) is 0 Å². The summed E-state index contributed by atoms with van der Waals surface area (Å²) in [5.74, 6) is 1.75. The summed E-state index contributed by atoms with van der Waals surface area (Å²) >= 11 is 0. The van der Waals surface area contributed by atoms with Crippen LogP contribution in [0.3, 0.4) is 0 Å². The predicted octanol–water partition coefficient (Wildman–Crippen LogP) is 3.26. The van der Waals surface area contributed by atoms with E-state index in [-0.39, 0.29) is 5.91 Å². The van der Waals surface area contributed by atoms with Gasteiger partial charge in [0.1, 0.15) is 5.76 Å². The van der Waals surface area contributed by atoms with Crippen LogP contribution in [-0.4, -0.2) is 20.1 Å². The topological polar surface area (TPSA) is 60.7 Å². The number of nitrogens with one attached hydrogen (secondary N) is 1. The molecule has 2 rings (SSSR count). The monoisotopic (exact) mass is 315 g/mol. The number of carbonyl (C=O) groups is 1. The number of rotatable bonds is 7. The van der Waals surface area contributed by atoms with Crippen molar-refractivity contribution in [1.29, 1.82) is 0 Å². The quantitative estimate of drug-likeness (QED) is 0.797. The highest BCUT2D eigenvalue weighted by molar-refractivity contribution is 5.94. The van der Waals surface area contributed by atoms with E-state index in [1.54, 1.807) is 33.3 Å². The van der Waals surface area contributed by atoms with E-state index in [1.807, 2.05) is 12.1 Å². The van der Waals surface area contributed by atoms with Crippen molar-refractivity contribution in [3.05, 3.63) is 59.6 Å². The molecule has 0 aliphatic heterocycles. The Balaban J connectivity index is 2.19. The summed E-state index contributed by atoms with van der Waals surface area (Å²) in [5, 5.41) is 2.88. The van der Waals surface area contributed by atoms with Gasteiger partial charge in [-0.2, -0.15) is 0 Å². The Morgan fingerprint density at radius 2 is 2.13 bits per heavy atom. The van der Waals surface area contributed by atoms with Gasteiger partial charge in [-0.3, -0.25) is 4.79 Å². The molecule has 1 N–H and O–H groups in total. The van der Waals surface area contributed by atoms with Crippen LogP contribution >= 0.6 is 0 Å². The first-order valence-corrected chi connectivity index (χ1v) is 7.27. The zero-order chi connectivity index (χ0) is 16.8. The fourth-order valence-corrected chi connectivity index (χ4v) is 2.41. The Kier molecular flexibility index (Phi) is 5.46. The van der Waals surface area contributed by atoms with Crippen LogP contribution in [0.2, 0.25) is 0 Å². The van der Waals surface area contributed by atoms with E-state index in [9.17, 15) is 4.79 Å².